The van der Waals surface area contributed by atoms with E-state index in [1.54, 1.807) is 0 Å². The molecule has 11 heavy (non-hydrogen) atoms. The van der Waals surface area contributed by atoms with Gasteiger partial charge in [-0.15, -0.1) is 0 Å². The topological polar surface area (TPSA) is 17.1 Å². The molecule has 0 aromatic carbocycles. The average Bonchev–Trinajstić information content (AvgIpc) is 2.28. The fraction of sp³-hybridized carbons (Fsp3) is 0.900. The van der Waals surface area contributed by atoms with E-state index >= 15 is 0 Å². The molecular weight excluding hydrogens is 136 g/mol. The van der Waals surface area contributed by atoms with Crippen molar-refractivity contribution in [3.63, 3.8) is 0 Å². The monoisotopic (exact) mass is 154 g/mol. The van der Waals surface area contributed by atoms with Crippen molar-refractivity contribution in [2.45, 2.75) is 46.5 Å². The molecule has 0 heterocycles. The number of ketones is 1. The highest BCUT2D eigenvalue weighted by molar-refractivity contribution is 5.81. The number of hydrogen-bond donors (Lipinski definition) is 0. The highest BCUT2D eigenvalue weighted by Gasteiger charge is 2.37. The molecule has 64 valence electrons. The van der Waals surface area contributed by atoms with E-state index in [4.69, 9.17) is 0 Å². The Morgan fingerprint density at radius 1 is 1.55 bits per heavy atom. The first-order valence-corrected chi connectivity index (χ1v) is 4.60. The molecule has 1 nitrogen and oxygen atoms in total. The maximum atomic E-state index is 11.4. The minimum absolute atomic E-state index is 0.285. The molecule has 0 bridgehead atoms. The van der Waals surface area contributed by atoms with Gasteiger partial charge < -0.3 is 0 Å². The molecular formula is C10H18O. The van der Waals surface area contributed by atoms with Crippen LogP contribution in [0.1, 0.15) is 46.5 Å². The van der Waals surface area contributed by atoms with Gasteiger partial charge in [-0.2, -0.15) is 0 Å². The van der Waals surface area contributed by atoms with Crippen LogP contribution in [0.4, 0.5) is 0 Å². The Morgan fingerprint density at radius 2 is 2.18 bits per heavy atom. The lowest BCUT2D eigenvalue weighted by Gasteiger charge is -2.25. The minimum Gasteiger partial charge on any atom is -0.299 e. The van der Waals surface area contributed by atoms with Crippen LogP contribution < -0.4 is 0 Å². The fourth-order valence-corrected chi connectivity index (χ4v) is 2.17. The van der Waals surface area contributed by atoms with E-state index in [9.17, 15) is 4.79 Å². The summed E-state index contributed by atoms with van der Waals surface area (Å²) in [6, 6.07) is 0. The van der Waals surface area contributed by atoms with Gasteiger partial charge in [0.25, 0.3) is 0 Å². The average molecular weight is 154 g/mol. The Bertz CT molecular complexity index is 158. The first kappa shape index (κ1) is 8.76. The van der Waals surface area contributed by atoms with Crippen LogP contribution in [0.15, 0.2) is 0 Å². The summed E-state index contributed by atoms with van der Waals surface area (Å²) in [4.78, 5) is 11.4. The van der Waals surface area contributed by atoms with Crippen LogP contribution in [-0.2, 0) is 4.79 Å². The Morgan fingerprint density at radius 3 is 2.55 bits per heavy atom. The second-order valence-corrected chi connectivity index (χ2v) is 4.25. The van der Waals surface area contributed by atoms with E-state index in [0.717, 1.165) is 6.42 Å². The van der Waals surface area contributed by atoms with Crippen LogP contribution in [-0.4, -0.2) is 5.78 Å². The van der Waals surface area contributed by atoms with Crippen molar-refractivity contribution in [3.8, 4) is 0 Å². The van der Waals surface area contributed by atoms with E-state index < -0.39 is 0 Å². The molecule has 1 atom stereocenters. The molecule has 0 N–H and O–H groups in total. The van der Waals surface area contributed by atoms with Crippen molar-refractivity contribution in [3.05, 3.63) is 0 Å². The van der Waals surface area contributed by atoms with E-state index in [0.29, 0.717) is 18.1 Å². The van der Waals surface area contributed by atoms with Crippen molar-refractivity contribution < 1.29 is 4.79 Å². The largest absolute Gasteiger partial charge is 0.299 e. The Hall–Kier alpha value is -0.330. The number of carbonyl (C=O) groups excluding carboxylic acids is 1. The quantitative estimate of drug-likeness (QED) is 0.597. The lowest BCUT2D eigenvalue weighted by molar-refractivity contribution is -0.125. The molecule has 1 saturated carbocycles. The van der Waals surface area contributed by atoms with Gasteiger partial charge in [0.15, 0.2) is 0 Å². The summed E-state index contributed by atoms with van der Waals surface area (Å²) < 4.78 is 0. The fourth-order valence-electron chi connectivity index (χ4n) is 2.17. The molecule has 0 aromatic rings. The zero-order valence-electron chi connectivity index (χ0n) is 7.81. The first-order valence-electron chi connectivity index (χ1n) is 4.60. The van der Waals surface area contributed by atoms with Gasteiger partial charge in [-0.3, -0.25) is 4.79 Å². The summed E-state index contributed by atoms with van der Waals surface area (Å²) in [5, 5.41) is 0. The van der Waals surface area contributed by atoms with Crippen molar-refractivity contribution in [1.29, 1.82) is 0 Å². The summed E-state index contributed by atoms with van der Waals surface area (Å²) in [6.45, 7) is 6.41. The van der Waals surface area contributed by atoms with Gasteiger partial charge in [-0.25, -0.2) is 0 Å². The highest BCUT2D eigenvalue weighted by Crippen LogP contribution is 2.43. The van der Waals surface area contributed by atoms with E-state index in [1.165, 1.54) is 12.8 Å². The lowest BCUT2D eigenvalue weighted by Crippen LogP contribution is -2.24. The van der Waals surface area contributed by atoms with Gasteiger partial charge in [0.05, 0.1) is 0 Å². The number of carbonyl (C=O) groups is 1. The smallest absolute Gasteiger partial charge is 0.136 e. The SMILES string of the molecule is CCC(=O)C1CCCC1(C)C. The van der Waals surface area contributed by atoms with Crippen molar-refractivity contribution in [2.24, 2.45) is 11.3 Å². The van der Waals surface area contributed by atoms with Gasteiger partial charge in [-0.05, 0) is 18.3 Å². The predicted octanol–water partition coefficient (Wildman–Crippen LogP) is 2.79. The Balaban J connectivity index is 2.64. The molecule has 0 aromatic heterocycles. The van der Waals surface area contributed by atoms with E-state index in [2.05, 4.69) is 13.8 Å². The minimum atomic E-state index is 0.285. The van der Waals surface area contributed by atoms with Crippen LogP contribution in [0.25, 0.3) is 0 Å². The molecule has 0 aliphatic heterocycles. The molecule has 0 radical (unpaired) electrons. The zero-order valence-corrected chi connectivity index (χ0v) is 7.81. The maximum absolute atomic E-state index is 11.4. The second kappa shape index (κ2) is 2.96. The second-order valence-electron chi connectivity index (χ2n) is 4.25. The zero-order chi connectivity index (χ0) is 8.48. The van der Waals surface area contributed by atoms with Crippen molar-refractivity contribution in [1.82, 2.24) is 0 Å². The van der Waals surface area contributed by atoms with Gasteiger partial charge in [0.1, 0.15) is 5.78 Å². The van der Waals surface area contributed by atoms with Gasteiger partial charge in [0.2, 0.25) is 0 Å². The third kappa shape index (κ3) is 1.63. The Labute approximate surface area is 69.2 Å². The lowest BCUT2D eigenvalue weighted by atomic mass is 9.79. The number of Topliss-reactive ketones (excluding diaryl/α,β-unsaturated/α-hetero) is 1. The summed E-state index contributed by atoms with van der Waals surface area (Å²) in [5.74, 6) is 0.819. The van der Waals surface area contributed by atoms with Crippen LogP contribution in [0.2, 0.25) is 0 Å². The van der Waals surface area contributed by atoms with Crippen LogP contribution in [0.5, 0.6) is 0 Å². The molecule has 1 heteroatoms. The van der Waals surface area contributed by atoms with Crippen LogP contribution in [0.3, 0.4) is 0 Å². The van der Waals surface area contributed by atoms with E-state index in [1.807, 2.05) is 6.92 Å². The molecule has 0 amide bonds. The van der Waals surface area contributed by atoms with Crippen LogP contribution >= 0.6 is 0 Å². The molecule has 1 rings (SSSR count). The molecule has 0 saturated heterocycles. The number of hydrogen-bond acceptors (Lipinski definition) is 1. The first-order chi connectivity index (χ1) is 5.08. The summed E-state index contributed by atoms with van der Waals surface area (Å²) >= 11 is 0. The summed E-state index contributed by atoms with van der Waals surface area (Å²) in [7, 11) is 0. The third-order valence-electron chi connectivity index (χ3n) is 2.99. The van der Waals surface area contributed by atoms with E-state index in [-0.39, 0.29) is 5.41 Å². The molecule has 1 aliphatic carbocycles. The van der Waals surface area contributed by atoms with Crippen LogP contribution in [0, 0.1) is 11.3 Å². The normalized spacial score (nSPS) is 28.8. The van der Waals surface area contributed by atoms with Crippen molar-refractivity contribution >= 4 is 5.78 Å². The maximum Gasteiger partial charge on any atom is 0.136 e. The Kier molecular flexibility index (Phi) is 2.36. The molecule has 1 aliphatic rings. The molecule has 0 spiro atoms. The van der Waals surface area contributed by atoms with Crippen molar-refractivity contribution in [2.75, 3.05) is 0 Å². The highest BCUT2D eigenvalue weighted by atomic mass is 16.1. The predicted molar refractivity (Wildman–Crippen MR) is 46.4 cm³/mol. The summed E-state index contributed by atoms with van der Waals surface area (Å²) in [6.07, 6.45) is 4.31. The standard InChI is InChI=1S/C10H18O/c1-4-9(11)8-6-5-7-10(8,2)3/h8H,4-7H2,1-3H3. The number of rotatable bonds is 2. The molecule has 1 fully saturated rings. The van der Waals surface area contributed by atoms with Gasteiger partial charge >= 0.3 is 0 Å². The van der Waals surface area contributed by atoms with Gasteiger partial charge in [0, 0.05) is 12.3 Å². The third-order valence-corrected chi connectivity index (χ3v) is 2.99. The molecule has 1 unspecified atom stereocenters. The summed E-state index contributed by atoms with van der Waals surface area (Å²) in [5.41, 5.74) is 0.285. The van der Waals surface area contributed by atoms with Gasteiger partial charge in [-0.1, -0.05) is 27.2 Å².